The molecule has 6 heterocycles. The number of aliphatic hydroxyl groups excluding tert-OH is 1. The van der Waals surface area contributed by atoms with E-state index in [4.69, 9.17) is 9.90 Å². The number of carbonyl (C=O) groups excluding carboxylic acids is 1. The Morgan fingerprint density at radius 2 is 1.81 bits per heavy atom. The van der Waals surface area contributed by atoms with Gasteiger partial charge in [-0.25, -0.2) is 23.1 Å². The van der Waals surface area contributed by atoms with E-state index >= 15 is 0 Å². The van der Waals surface area contributed by atoms with Crippen molar-refractivity contribution in [1.82, 2.24) is 29.0 Å². The Morgan fingerprint density at radius 1 is 1.02 bits per heavy atom. The number of aliphatic carboxylic acids is 1. The lowest BCUT2D eigenvalue weighted by atomic mass is 10.0. The fourth-order valence-corrected chi connectivity index (χ4v) is 6.80. The van der Waals surface area contributed by atoms with Gasteiger partial charge in [0.1, 0.15) is 23.5 Å². The maximum absolute atomic E-state index is 14.7. The summed E-state index contributed by atoms with van der Waals surface area (Å²) in [6.07, 6.45) is 5.19. The molecular weight excluding hydrogens is 629 g/mol. The van der Waals surface area contributed by atoms with E-state index in [0.29, 0.717) is 25.2 Å². The SMILES string of the molecule is O=C(O)C(F)(F)F.O=CN1C(c2cnn3ccc(N4CCC[C@@H]4c4cc(F)ccc4F)cc23)Cn2ccnc2C1CN1CC[C@H](O)C1. The van der Waals surface area contributed by atoms with E-state index in [2.05, 4.69) is 24.4 Å². The van der Waals surface area contributed by atoms with Gasteiger partial charge in [0.05, 0.1) is 29.9 Å². The van der Waals surface area contributed by atoms with Gasteiger partial charge in [0.15, 0.2) is 0 Å². The van der Waals surface area contributed by atoms with Crippen LogP contribution in [0.25, 0.3) is 5.52 Å². The topological polar surface area (TPSA) is 119 Å². The smallest absolute Gasteiger partial charge is 0.475 e. The second-order valence-corrected chi connectivity index (χ2v) is 11.9. The van der Waals surface area contributed by atoms with Crippen LogP contribution in [0.4, 0.5) is 27.6 Å². The van der Waals surface area contributed by atoms with Gasteiger partial charge in [0, 0.05) is 68.1 Å². The maximum Gasteiger partial charge on any atom is 0.490 e. The number of fused-ring (bicyclic) bond motifs is 2. The second kappa shape index (κ2) is 12.9. The quantitative estimate of drug-likeness (QED) is 0.234. The third kappa shape index (κ3) is 6.52. The Kier molecular flexibility index (Phi) is 8.89. The van der Waals surface area contributed by atoms with Gasteiger partial charge >= 0.3 is 12.1 Å². The molecule has 2 saturated heterocycles. The van der Waals surface area contributed by atoms with Crippen LogP contribution in [0.5, 0.6) is 0 Å². The fourth-order valence-electron chi connectivity index (χ4n) is 6.80. The number of aromatic nitrogens is 4. The van der Waals surface area contributed by atoms with E-state index < -0.39 is 23.8 Å². The summed E-state index contributed by atoms with van der Waals surface area (Å²) in [5.74, 6) is -2.77. The number of alkyl halides is 3. The number of amides is 1. The molecule has 0 radical (unpaired) electrons. The second-order valence-electron chi connectivity index (χ2n) is 11.9. The van der Waals surface area contributed by atoms with E-state index in [0.717, 1.165) is 67.4 Å². The molecular formula is C31H32F5N7O4. The van der Waals surface area contributed by atoms with Crippen molar-refractivity contribution in [3.8, 4) is 0 Å². The highest BCUT2D eigenvalue weighted by Crippen LogP contribution is 2.41. The summed E-state index contributed by atoms with van der Waals surface area (Å²) in [6.45, 7) is 3.21. The van der Waals surface area contributed by atoms with Crippen LogP contribution in [0, 0.1) is 11.6 Å². The summed E-state index contributed by atoms with van der Waals surface area (Å²) in [5.41, 5.74) is 3.04. The zero-order valence-electron chi connectivity index (χ0n) is 25.0. The van der Waals surface area contributed by atoms with Gasteiger partial charge in [0.2, 0.25) is 6.41 Å². The number of aliphatic hydroxyl groups is 1. The molecule has 3 aromatic heterocycles. The number of hydrogen-bond donors (Lipinski definition) is 2. The van der Waals surface area contributed by atoms with Gasteiger partial charge < -0.3 is 24.6 Å². The van der Waals surface area contributed by atoms with Crippen molar-refractivity contribution in [1.29, 1.82) is 0 Å². The number of imidazole rings is 1. The van der Waals surface area contributed by atoms with Crippen molar-refractivity contribution in [2.24, 2.45) is 0 Å². The van der Waals surface area contributed by atoms with Crippen LogP contribution >= 0.6 is 0 Å². The number of β-amino-alcohol motifs (C(OH)–C–C–N with tert-alkyl or cyclic N) is 1. The maximum atomic E-state index is 14.7. The molecule has 47 heavy (non-hydrogen) atoms. The van der Waals surface area contributed by atoms with Crippen molar-refractivity contribution in [3.05, 3.63) is 83.7 Å². The Morgan fingerprint density at radius 3 is 2.51 bits per heavy atom. The van der Waals surface area contributed by atoms with Crippen LogP contribution in [-0.4, -0.2) is 90.0 Å². The van der Waals surface area contributed by atoms with Crippen LogP contribution in [-0.2, 0) is 16.1 Å². The van der Waals surface area contributed by atoms with Crippen LogP contribution in [0.3, 0.4) is 0 Å². The highest BCUT2D eigenvalue weighted by Gasteiger charge is 2.40. The number of halogens is 5. The van der Waals surface area contributed by atoms with Gasteiger partial charge in [0.25, 0.3) is 0 Å². The van der Waals surface area contributed by atoms with Crippen LogP contribution in [0.2, 0.25) is 0 Å². The number of nitrogens with zero attached hydrogens (tertiary/aromatic N) is 7. The Labute approximate surface area is 265 Å². The number of rotatable bonds is 6. The fraction of sp³-hybridized carbons (Fsp3) is 0.419. The molecule has 0 spiro atoms. The molecule has 3 aliphatic heterocycles. The first-order valence-electron chi connectivity index (χ1n) is 15.1. The third-order valence-corrected chi connectivity index (χ3v) is 8.97. The zero-order valence-corrected chi connectivity index (χ0v) is 25.0. The standard InChI is InChI=1S/C29H31F2N7O2.C2HF3O2/c30-19-3-4-24(31)22(12-19)25-2-1-8-36(25)20-5-10-38-26(13-20)23(14-33-38)27-17-35-11-7-32-29(35)28(37(27)18-39)16-34-9-6-21(40)15-34;3-2(4,5)1(6)7/h3-5,7,10-14,18,21,25,27-28,40H,1-2,6,8-9,15-17H2;(H,6,7)/t21-,25+,27?,28?;/m0./s1. The van der Waals surface area contributed by atoms with E-state index in [-0.39, 0.29) is 24.2 Å². The summed E-state index contributed by atoms with van der Waals surface area (Å²) in [4.78, 5) is 32.3. The van der Waals surface area contributed by atoms with Gasteiger partial charge in [-0.1, -0.05) is 0 Å². The molecule has 16 heteroatoms. The van der Waals surface area contributed by atoms with Gasteiger partial charge in [-0.05, 0) is 49.6 Å². The Bertz CT molecular complexity index is 1760. The van der Waals surface area contributed by atoms with E-state index in [1.54, 1.807) is 10.7 Å². The minimum Gasteiger partial charge on any atom is -0.475 e. The predicted octanol–water partition coefficient (Wildman–Crippen LogP) is 4.10. The van der Waals surface area contributed by atoms with Crippen molar-refractivity contribution in [2.75, 3.05) is 31.1 Å². The molecule has 4 atom stereocenters. The molecule has 0 saturated carbocycles. The highest BCUT2D eigenvalue weighted by atomic mass is 19.4. The number of carboxylic acids is 1. The van der Waals surface area contributed by atoms with Gasteiger partial charge in [-0.15, -0.1) is 0 Å². The average molecular weight is 662 g/mol. The number of hydrogen-bond acceptors (Lipinski definition) is 7. The number of pyridine rings is 1. The molecule has 3 aliphatic rings. The average Bonchev–Trinajstić information content (AvgIpc) is 3.84. The molecule has 7 rings (SSSR count). The van der Waals surface area contributed by atoms with Gasteiger partial charge in [-0.3, -0.25) is 9.69 Å². The normalized spacial score (nSPS) is 23.1. The lowest BCUT2D eigenvalue weighted by molar-refractivity contribution is -0.192. The van der Waals surface area contributed by atoms with Gasteiger partial charge in [-0.2, -0.15) is 18.3 Å². The first-order chi connectivity index (χ1) is 22.4. The lowest BCUT2D eigenvalue weighted by Gasteiger charge is -2.41. The Balaban J connectivity index is 0.000000499. The molecule has 1 aromatic carbocycles. The van der Waals surface area contributed by atoms with Crippen molar-refractivity contribution in [3.63, 3.8) is 0 Å². The molecule has 11 nitrogen and oxygen atoms in total. The number of carbonyl (C=O) groups is 2. The minimum atomic E-state index is -5.08. The minimum absolute atomic E-state index is 0.264. The summed E-state index contributed by atoms with van der Waals surface area (Å²) in [7, 11) is 0. The number of likely N-dealkylation sites (tertiary alicyclic amines) is 1. The predicted molar refractivity (Wildman–Crippen MR) is 157 cm³/mol. The molecule has 4 aromatic rings. The summed E-state index contributed by atoms with van der Waals surface area (Å²) in [6, 6.07) is 6.82. The zero-order chi connectivity index (χ0) is 33.5. The Hall–Kier alpha value is -4.57. The van der Waals surface area contributed by atoms with E-state index in [1.165, 1.54) is 12.1 Å². The van der Waals surface area contributed by atoms with Crippen molar-refractivity contribution in [2.45, 2.75) is 56.2 Å². The number of anilines is 1. The molecule has 1 amide bonds. The first kappa shape index (κ1) is 32.4. The molecule has 0 bridgehead atoms. The largest absolute Gasteiger partial charge is 0.490 e. The summed E-state index contributed by atoms with van der Waals surface area (Å²) < 4.78 is 64.4. The summed E-state index contributed by atoms with van der Waals surface area (Å²) >= 11 is 0. The summed E-state index contributed by atoms with van der Waals surface area (Å²) in [5, 5.41) is 21.8. The molecule has 0 aliphatic carbocycles. The monoisotopic (exact) mass is 661 g/mol. The number of carboxylic acid groups (broad SMARTS) is 1. The van der Waals surface area contributed by atoms with Crippen molar-refractivity contribution >= 4 is 23.6 Å². The van der Waals surface area contributed by atoms with Crippen molar-refractivity contribution < 1.29 is 41.8 Å². The highest BCUT2D eigenvalue weighted by molar-refractivity contribution is 5.73. The molecule has 2 fully saturated rings. The third-order valence-electron chi connectivity index (χ3n) is 8.97. The van der Waals surface area contributed by atoms with E-state index in [1.807, 2.05) is 35.6 Å². The van der Waals surface area contributed by atoms with Crippen LogP contribution in [0.15, 0.2) is 55.1 Å². The molecule has 2 N–H and O–H groups in total. The molecule has 2 unspecified atom stereocenters. The lowest BCUT2D eigenvalue weighted by Crippen LogP contribution is -2.45. The first-order valence-corrected chi connectivity index (χ1v) is 15.1. The van der Waals surface area contributed by atoms with Crippen LogP contribution in [0.1, 0.15) is 54.3 Å². The number of benzene rings is 1. The molecule has 250 valence electrons. The van der Waals surface area contributed by atoms with Crippen LogP contribution < -0.4 is 4.90 Å². The van der Waals surface area contributed by atoms with E-state index in [9.17, 15) is 31.9 Å².